The molecule has 0 spiro atoms. The first kappa shape index (κ1) is 19.1. The van der Waals surface area contributed by atoms with E-state index in [2.05, 4.69) is 5.32 Å². The average molecular weight is 376 g/mol. The van der Waals surface area contributed by atoms with Gasteiger partial charge < -0.3 is 10.1 Å². The molecule has 0 aliphatic carbocycles. The van der Waals surface area contributed by atoms with Gasteiger partial charge in [0.2, 0.25) is 0 Å². The summed E-state index contributed by atoms with van der Waals surface area (Å²) in [6, 6.07) is 22.3. The number of carbonyl (C=O) groups is 1. The van der Waals surface area contributed by atoms with Gasteiger partial charge in [0.15, 0.2) is 5.78 Å². The van der Waals surface area contributed by atoms with Crippen molar-refractivity contribution in [2.45, 2.75) is 12.5 Å². The van der Waals surface area contributed by atoms with Gasteiger partial charge in [-0.2, -0.15) is 0 Å². The molecule has 0 bridgehead atoms. The summed E-state index contributed by atoms with van der Waals surface area (Å²) in [5.74, 6) is 0.632. The van der Waals surface area contributed by atoms with Crippen molar-refractivity contribution >= 4 is 17.2 Å². The quantitative estimate of drug-likeness (QED) is 0.339. The molecule has 3 aromatic carbocycles. The maximum Gasteiger partial charge on any atom is 0.269 e. The normalized spacial score (nSPS) is 11.5. The Kier molecular flexibility index (Phi) is 6.01. The molecular formula is C22H20N2O4. The number of Topliss-reactive ketones (excluding diaryl/α,β-unsaturated/α-hetero) is 1. The van der Waals surface area contributed by atoms with Crippen LogP contribution in [0.15, 0.2) is 78.9 Å². The number of nitrogens with zero attached hydrogens (tertiary/aromatic N) is 1. The lowest BCUT2D eigenvalue weighted by Crippen LogP contribution is -2.16. The van der Waals surface area contributed by atoms with Crippen LogP contribution in [0.5, 0.6) is 5.75 Å². The minimum Gasteiger partial charge on any atom is -0.495 e. The summed E-state index contributed by atoms with van der Waals surface area (Å²) in [4.78, 5) is 23.3. The zero-order valence-electron chi connectivity index (χ0n) is 15.4. The van der Waals surface area contributed by atoms with Crippen LogP contribution in [0.2, 0.25) is 0 Å². The lowest BCUT2D eigenvalue weighted by Gasteiger charge is -2.21. The molecule has 0 aliphatic rings. The second-order valence-corrected chi connectivity index (χ2v) is 6.24. The molecule has 28 heavy (non-hydrogen) atoms. The molecule has 6 nitrogen and oxygen atoms in total. The number of carbonyl (C=O) groups excluding carboxylic acids is 1. The lowest BCUT2D eigenvalue weighted by atomic mass is 9.97. The number of hydrogen-bond acceptors (Lipinski definition) is 5. The number of nitro benzene ring substituents is 1. The van der Waals surface area contributed by atoms with E-state index in [1.807, 2.05) is 42.5 Å². The van der Waals surface area contributed by atoms with Crippen molar-refractivity contribution < 1.29 is 14.5 Å². The first-order chi connectivity index (χ1) is 13.6. The van der Waals surface area contributed by atoms with E-state index in [0.717, 1.165) is 11.3 Å². The lowest BCUT2D eigenvalue weighted by molar-refractivity contribution is -0.384. The Bertz CT molecular complexity index is 956. The molecular weight excluding hydrogens is 356 g/mol. The summed E-state index contributed by atoms with van der Waals surface area (Å²) in [7, 11) is 1.58. The maximum absolute atomic E-state index is 12.8. The van der Waals surface area contributed by atoms with E-state index in [1.165, 1.54) is 12.1 Å². The molecule has 0 amide bonds. The third-order valence-electron chi connectivity index (χ3n) is 4.43. The van der Waals surface area contributed by atoms with E-state index >= 15 is 0 Å². The van der Waals surface area contributed by atoms with Crippen molar-refractivity contribution in [2.75, 3.05) is 12.4 Å². The van der Waals surface area contributed by atoms with Crippen LogP contribution in [0.25, 0.3) is 0 Å². The van der Waals surface area contributed by atoms with Crippen LogP contribution in [0.3, 0.4) is 0 Å². The van der Waals surface area contributed by atoms with Gasteiger partial charge in [-0.25, -0.2) is 0 Å². The van der Waals surface area contributed by atoms with Crippen molar-refractivity contribution in [2.24, 2.45) is 0 Å². The minimum atomic E-state index is -0.443. The number of hydrogen-bond donors (Lipinski definition) is 1. The van der Waals surface area contributed by atoms with Crippen LogP contribution in [-0.2, 0) is 0 Å². The minimum absolute atomic E-state index is 0.00850. The van der Waals surface area contributed by atoms with Crippen molar-refractivity contribution in [1.29, 1.82) is 0 Å². The van der Waals surface area contributed by atoms with Gasteiger partial charge in [-0.05, 0) is 17.7 Å². The zero-order chi connectivity index (χ0) is 19.9. The van der Waals surface area contributed by atoms with Crippen LogP contribution in [0, 0.1) is 10.1 Å². The molecule has 142 valence electrons. The highest BCUT2D eigenvalue weighted by Gasteiger charge is 2.19. The molecule has 3 rings (SSSR count). The average Bonchev–Trinajstić information content (AvgIpc) is 2.74. The maximum atomic E-state index is 12.8. The molecule has 0 unspecified atom stereocenters. The monoisotopic (exact) mass is 376 g/mol. The Morgan fingerprint density at radius 3 is 2.29 bits per heavy atom. The van der Waals surface area contributed by atoms with Gasteiger partial charge in [-0.3, -0.25) is 14.9 Å². The van der Waals surface area contributed by atoms with Crippen LogP contribution in [0.4, 0.5) is 11.4 Å². The second-order valence-electron chi connectivity index (χ2n) is 6.24. The highest BCUT2D eigenvalue weighted by molar-refractivity contribution is 5.96. The third-order valence-corrected chi connectivity index (χ3v) is 4.43. The Hall–Kier alpha value is -3.67. The number of nitro groups is 1. The smallest absolute Gasteiger partial charge is 0.269 e. The van der Waals surface area contributed by atoms with Gasteiger partial charge in [0.05, 0.1) is 23.8 Å². The molecule has 0 heterocycles. The number of ketones is 1. The number of benzene rings is 3. The predicted molar refractivity (Wildman–Crippen MR) is 108 cm³/mol. The summed E-state index contributed by atoms with van der Waals surface area (Å²) >= 11 is 0. The van der Waals surface area contributed by atoms with Crippen molar-refractivity contribution in [3.63, 3.8) is 0 Å². The first-order valence-corrected chi connectivity index (χ1v) is 8.80. The van der Waals surface area contributed by atoms with Crippen LogP contribution >= 0.6 is 0 Å². The number of para-hydroxylation sites is 2. The fourth-order valence-corrected chi connectivity index (χ4v) is 2.96. The van der Waals surface area contributed by atoms with Crippen LogP contribution < -0.4 is 10.1 Å². The largest absolute Gasteiger partial charge is 0.495 e. The molecule has 0 aliphatic heterocycles. The van der Waals surface area contributed by atoms with Crippen molar-refractivity contribution in [1.82, 2.24) is 0 Å². The first-order valence-electron chi connectivity index (χ1n) is 8.80. The molecule has 1 atom stereocenters. The fraction of sp³-hybridized carbons (Fsp3) is 0.136. The molecule has 6 heteroatoms. The summed E-state index contributed by atoms with van der Waals surface area (Å²) in [5, 5.41) is 14.3. The number of non-ortho nitro benzene ring substituents is 1. The molecule has 1 N–H and O–H groups in total. The number of anilines is 1. The Morgan fingerprint density at radius 1 is 1.00 bits per heavy atom. The van der Waals surface area contributed by atoms with E-state index < -0.39 is 4.92 Å². The summed E-state index contributed by atoms with van der Waals surface area (Å²) in [6.07, 6.45) is 0.194. The SMILES string of the molecule is COc1ccccc1N[C@H](CC(=O)c1ccccc1)c1ccc([N+](=O)[O-])cc1. The summed E-state index contributed by atoms with van der Waals surface area (Å²) in [5.41, 5.74) is 2.15. The molecule has 0 radical (unpaired) electrons. The van der Waals surface area contributed by atoms with Crippen LogP contribution in [0.1, 0.15) is 28.4 Å². The number of nitrogens with one attached hydrogen (secondary N) is 1. The van der Waals surface area contributed by atoms with Gasteiger partial charge in [-0.15, -0.1) is 0 Å². The van der Waals surface area contributed by atoms with Crippen LogP contribution in [-0.4, -0.2) is 17.8 Å². The Morgan fingerprint density at radius 2 is 1.64 bits per heavy atom. The highest BCUT2D eigenvalue weighted by Crippen LogP contribution is 2.31. The van der Waals surface area contributed by atoms with Gasteiger partial charge >= 0.3 is 0 Å². The summed E-state index contributed by atoms with van der Waals surface area (Å²) in [6.45, 7) is 0. The van der Waals surface area contributed by atoms with Gasteiger partial charge in [0.25, 0.3) is 5.69 Å². The molecule has 0 saturated carbocycles. The second kappa shape index (κ2) is 8.81. The topological polar surface area (TPSA) is 81.5 Å². The summed E-state index contributed by atoms with van der Waals surface area (Å²) < 4.78 is 5.39. The van der Waals surface area contributed by atoms with Crippen molar-refractivity contribution in [3.05, 3.63) is 100 Å². The molecule has 3 aromatic rings. The van der Waals surface area contributed by atoms with Gasteiger partial charge in [0.1, 0.15) is 5.75 Å². The third kappa shape index (κ3) is 4.54. The number of methoxy groups -OCH3 is 1. The molecule has 0 fully saturated rings. The predicted octanol–water partition coefficient (Wildman–Crippen LogP) is 5.03. The molecule has 0 saturated heterocycles. The zero-order valence-corrected chi connectivity index (χ0v) is 15.4. The van der Waals surface area contributed by atoms with Gasteiger partial charge in [0, 0.05) is 24.1 Å². The molecule has 0 aromatic heterocycles. The standard InChI is InChI=1S/C22H20N2O4/c1-28-22-10-6-5-9-19(22)23-20(15-21(25)17-7-3-2-4-8-17)16-11-13-18(14-12-16)24(26)27/h2-14,20,23H,15H2,1H3/t20-/m1/s1. The van der Waals surface area contributed by atoms with E-state index in [1.54, 1.807) is 31.4 Å². The van der Waals surface area contributed by atoms with Crippen molar-refractivity contribution in [3.8, 4) is 5.75 Å². The Balaban J connectivity index is 1.91. The van der Waals surface area contributed by atoms with E-state index in [0.29, 0.717) is 11.3 Å². The van der Waals surface area contributed by atoms with E-state index in [-0.39, 0.29) is 23.9 Å². The highest BCUT2D eigenvalue weighted by atomic mass is 16.6. The van der Waals surface area contributed by atoms with Gasteiger partial charge in [-0.1, -0.05) is 54.6 Å². The number of rotatable bonds is 8. The fourth-order valence-electron chi connectivity index (χ4n) is 2.96. The Labute approximate surface area is 162 Å². The van der Waals surface area contributed by atoms with E-state index in [9.17, 15) is 14.9 Å². The number of ether oxygens (including phenoxy) is 1. The van der Waals surface area contributed by atoms with E-state index in [4.69, 9.17) is 4.74 Å².